The lowest BCUT2D eigenvalue weighted by Crippen LogP contribution is -2.45. The van der Waals surface area contributed by atoms with Gasteiger partial charge in [-0.1, -0.05) is 0 Å². The van der Waals surface area contributed by atoms with Crippen LogP contribution in [0.25, 0.3) is 0 Å². The molecule has 1 amide bonds. The highest BCUT2D eigenvalue weighted by molar-refractivity contribution is 6.03. The molecule has 8 heteroatoms. The number of amides is 1. The Kier molecular flexibility index (Phi) is 4.52. The summed E-state index contributed by atoms with van der Waals surface area (Å²) in [4.78, 5) is 22.9. The zero-order valence-electron chi connectivity index (χ0n) is 14.2. The van der Waals surface area contributed by atoms with Gasteiger partial charge in [0.25, 0.3) is 5.91 Å². The van der Waals surface area contributed by atoms with E-state index in [1.54, 1.807) is 0 Å². The topological polar surface area (TPSA) is 76.6 Å². The molecule has 0 atom stereocenters. The third-order valence-corrected chi connectivity index (χ3v) is 4.62. The Morgan fingerprint density at radius 3 is 2.31 bits per heavy atom. The first kappa shape index (κ1) is 16.9. The number of halogens is 1. The molecule has 2 aliphatic heterocycles. The van der Waals surface area contributed by atoms with Gasteiger partial charge in [-0.3, -0.25) is 4.79 Å². The lowest BCUT2D eigenvalue weighted by molar-refractivity contribution is -0.169. The lowest BCUT2D eigenvalue weighted by Gasteiger charge is -2.37. The molecule has 0 bridgehead atoms. The van der Waals surface area contributed by atoms with Gasteiger partial charge in [0.2, 0.25) is 5.95 Å². The van der Waals surface area contributed by atoms with E-state index in [0.717, 1.165) is 25.9 Å². The minimum absolute atomic E-state index is 0.339. The predicted molar refractivity (Wildman–Crippen MR) is 92.5 cm³/mol. The SMILES string of the molecule is O=C(Nc1ccc(F)cc1)c1cnc(N2CCC3(CC2)OCCO3)nc1. The number of nitrogens with one attached hydrogen (secondary N) is 1. The van der Waals surface area contributed by atoms with Gasteiger partial charge in [0, 0.05) is 44.0 Å². The summed E-state index contributed by atoms with van der Waals surface area (Å²) in [6.07, 6.45) is 4.52. The highest BCUT2D eigenvalue weighted by Crippen LogP contribution is 2.32. The summed E-state index contributed by atoms with van der Waals surface area (Å²) in [6.45, 7) is 2.77. The fourth-order valence-electron chi connectivity index (χ4n) is 3.17. The molecule has 1 N–H and O–H groups in total. The van der Waals surface area contributed by atoms with Crippen LogP contribution in [0, 0.1) is 5.82 Å². The standard InChI is InChI=1S/C18H19FN4O3/c19-14-1-3-15(4-2-14)22-16(24)13-11-20-17(21-12-13)23-7-5-18(6-8-23)25-9-10-26-18/h1-4,11-12H,5-10H2,(H,22,24). The van der Waals surface area contributed by atoms with Gasteiger partial charge in [0.15, 0.2) is 5.79 Å². The van der Waals surface area contributed by atoms with Crippen molar-refractivity contribution in [3.63, 3.8) is 0 Å². The molecule has 2 aromatic rings. The number of aromatic nitrogens is 2. The van der Waals surface area contributed by atoms with Crippen molar-refractivity contribution in [2.45, 2.75) is 18.6 Å². The largest absolute Gasteiger partial charge is 0.347 e. The smallest absolute Gasteiger partial charge is 0.258 e. The normalized spacial score (nSPS) is 18.9. The van der Waals surface area contributed by atoms with Crippen molar-refractivity contribution in [3.05, 3.63) is 48.0 Å². The lowest BCUT2D eigenvalue weighted by atomic mass is 10.0. The summed E-state index contributed by atoms with van der Waals surface area (Å²) >= 11 is 0. The minimum Gasteiger partial charge on any atom is -0.347 e. The molecule has 136 valence electrons. The van der Waals surface area contributed by atoms with Crippen LogP contribution in [0.15, 0.2) is 36.7 Å². The average Bonchev–Trinajstić information content (AvgIpc) is 3.12. The van der Waals surface area contributed by atoms with Gasteiger partial charge in [0.1, 0.15) is 5.82 Å². The van der Waals surface area contributed by atoms with Crippen LogP contribution in [-0.2, 0) is 9.47 Å². The molecule has 4 rings (SSSR count). The number of hydrogen-bond donors (Lipinski definition) is 1. The molecule has 2 aliphatic rings. The van der Waals surface area contributed by atoms with E-state index in [1.165, 1.54) is 36.7 Å². The highest BCUT2D eigenvalue weighted by Gasteiger charge is 2.40. The summed E-state index contributed by atoms with van der Waals surface area (Å²) < 4.78 is 24.3. The number of ether oxygens (including phenoxy) is 2. The van der Waals surface area contributed by atoms with Crippen molar-refractivity contribution in [2.75, 3.05) is 36.5 Å². The maximum absolute atomic E-state index is 12.9. The molecule has 1 spiro atoms. The van der Waals surface area contributed by atoms with Gasteiger partial charge in [-0.2, -0.15) is 0 Å². The molecule has 0 radical (unpaired) electrons. The number of benzene rings is 1. The second-order valence-electron chi connectivity index (χ2n) is 6.33. The molecule has 2 fully saturated rings. The Bertz CT molecular complexity index is 766. The molecule has 3 heterocycles. The van der Waals surface area contributed by atoms with E-state index in [9.17, 15) is 9.18 Å². The first-order chi connectivity index (χ1) is 12.6. The fraction of sp³-hybridized carbons (Fsp3) is 0.389. The van der Waals surface area contributed by atoms with E-state index >= 15 is 0 Å². The quantitative estimate of drug-likeness (QED) is 0.907. The first-order valence-electron chi connectivity index (χ1n) is 8.55. The molecule has 26 heavy (non-hydrogen) atoms. The molecule has 7 nitrogen and oxygen atoms in total. The van der Waals surface area contributed by atoms with Gasteiger partial charge in [-0.05, 0) is 24.3 Å². The summed E-state index contributed by atoms with van der Waals surface area (Å²) in [5.41, 5.74) is 0.854. The molecule has 0 saturated carbocycles. The number of rotatable bonds is 3. The Labute approximate surface area is 150 Å². The molecule has 0 aliphatic carbocycles. The van der Waals surface area contributed by atoms with Crippen LogP contribution >= 0.6 is 0 Å². The minimum atomic E-state index is -0.439. The van der Waals surface area contributed by atoms with Crippen LogP contribution in [0.1, 0.15) is 23.2 Å². The van der Waals surface area contributed by atoms with E-state index < -0.39 is 5.79 Å². The predicted octanol–water partition coefficient (Wildman–Crippen LogP) is 2.21. The van der Waals surface area contributed by atoms with Gasteiger partial charge < -0.3 is 19.7 Å². The van der Waals surface area contributed by atoms with Crippen LogP contribution in [0.4, 0.5) is 16.0 Å². The zero-order valence-corrected chi connectivity index (χ0v) is 14.2. The molecular weight excluding hydrogens is 339 g/mol. The summed E-state index contributed by atoms with van der Waals surface area (Å²) in [5, 5.41) is 2.69. The fourth-order valence-corrected chi connectivity index (χ4v) is 3.17. The Hall–Kier alpha value is -2.58. The van der Waals surface area contributed by atoms with Gasteiger partial charge in [-0.15, -0.1) is 0 Å². The van der Waals surface area contributed by atoms with Crippen molar-refractivity contribution in [2.24, 2.45) is 0 Å². The number of anilines is 2. The second-order valence-corrected chi connectivity index (χ2v) is 6.33. The number of hydrogen-bond acceptors (Lipinski definition) is 6. The third kappa shape index (κ3) is 3.51. The van der Waals surface area contributed by atoms with Gasteiger partial charge in [0.05, 0.1) is 18.8 Å². The third-order valence-electron chi connectivity index (χ3n) is 4.62. The highest BCUT2D eigenvalue weighted by atomic mass is 19.1. The maximum atomic E-state index is 12.9. The van der Waals surface area contributed by atoms with Crippen molar-refractivity contribution in [1.29, 1.82) is 0 Å². The molecule has 1 aromatic heterocycles. The molecular formula is C18H19FN4O3. The average molecular weight is 358 g/mol. The maximum Gasteiger partial charge on any atom is 0.258 e. The Morgan fingerprint density at radius 1 is 1.08 bits per heavy atom. The second kappa shape index (κ2) is 6.97. The molecule has 2 saturated heterocycles. The van der Waals surface area contributed by atoms with Gasteiger partial charge in [-0.25, -0.2) is 14.4 Å². The van der Waals surface area contributed by atoms with Crippen molar-refractivity contribution < 1.29 is 18.7 Å². The zero-order chi connectivity index (χ0) is 18.0. The van der Waals surface area contributed by atoms with Crippen LogP contribution in [-0.4, -0.2) is 48.0 Å². The number of nitrogens with zero attached hydrogens (tertiary/aromatic N) is 3. The van der Waals surface area contributed by atoms with Crippen molar-refractivity contribution in [1.82, 2.24) is 9.97 Å². The van der Waals surface area contributed by atoms with Crippen molar-refractivity contribution in [3.8, 4) is 0 Å². The van der Waals surface area contributed by atoms with E-state index in [-0.39, 0.29) is 11.7 Å². The Morgan fingerprint density at radius 2 is 1.69 bits per heavy atom. The van der Waals surface area contributed by atoms with Crippen LogP contribution in [0.2, 0.25) is 0 Å². The van der Waals surface area contributed by atoms with E-state index in [1.807, 2.05) is 0 Å². The van der Waals surface area contributed by atoms with Crippen molar-refractivity contribution >= 4 is 17.5 Å². The van der Waals surface area contributed by atoms with Crippen LogP contribution in [0.5, 0.6) is 0 Å². The van der Waals surface area contributed by atoms with E-state index in [2.05, 4.69) is 20.2 Å². The van der Waals surface area contributed by atoms with Crippen LogP contribution < -0.4 is 10.2 Å². The van der Waals surface area contributed by atoms with E-state index in [4.69, 9.17) is 9.47 Å². The number of carbonyl (C=O) groups excluding carboxylic acids is 1. The Balaban J connectivity index is 1.37. The number of carbonyl (C=O) groups is 1. The summed E-state index contributed by atoms with van der Waals surface area (Å²) in [6, 6.07) is 5.57. The molecule has 1 aromatic carbocycles. The summed E-state index contributed by atoms with van der Waals surface area (Å²) in [5.74, 6) is -0.553. The first-order valence-corrected chi connectivity index (χ1v) is 8.55. The molecule has 0 unspecified atom stereocenters. The number of piperidine rings is 1. The van der Waals surface area contributed by atoms with E-state index in [0.29, 0.717) is 30.4 Å². The monoisotopic (exact) mass is 358 g/mol. The van der Waals surface area contributed by atoms with Crippen LogP contribution in [0.3, 0.4) is 0 Å². The summed E-state index contributed by atoms with van der Waals surface area (Å²) in [7, 11) is 0. The van der Waals surface area contributed by atoms with Gasteiger partial charge >= 0.3 is 0 Å².